The van der Waals surface area contributed by atoms with E-state index in [0.717, 1.165) is 17.1 Å². The van der Waals surface area contributed by atoms with Crippen LogP contribution >= 0.6 is 0 Å². The lowest BCUT2D eigenvalue weighted by atomic mass is 9.55. The van der Waals surface area contributed by atoms with E-state index in [-0.39, 0.29) is 5.41 Å². The van der Waals surface area contributed by atoms with Crippen molar-refractivity contribution < 1.29 is 0 Å². The fraction of sp³-hybridized carbons (Fsp3) is 0.0645. The zero-order valence-corrected chi connectivity index (χ0v) is 35.5. The maximum Gasteiger partial charge on any atom is 0.0719 e. The van der Waals surface area contributed by atoms with Crippen molar-refractivity contribution in [1.29, 1.82) is 0 Å². The Morgan fingerprint density at radius 1 is 0.286 bits per heavy atom. The van der Waals surface area contributed by atoms with Gasteiger partial charge in [0.25, 0.3) is 0 Å². The highest BCUT2D eigenvalue weighted by molar-refractivity contribution is 5.93. The van der Waals surface area contributed by atoms with Gasteiger partial charge >= 0.3 is 0 Å². The van der Waals surface area contributed by atoms with Gasteiger partial charge in [0.15, 0.2) is 0 Å². The molecule has 0 saturated heterocycles. The molecule has 0 heterocycles. The molecule has 2 aliphatic rings. The standard InChI is InChI=1S/C62H45N/c1-61(2)56-26-11-13-28-58(56)62(59-29-14-12-27-57(59)61)54-25-10-8-24-52(54)53-41-48(35-38-55(53)62)46-21-16-22-50(40-46)63(60-30-15-9-23-51(60)44-18-4-3-5-19-44)49-36-33-43(34-37-49)47-32-31-42-17-6-7-20-45(42)39-47/h3-41H,1-2H3. The maximum atomic E-state index is 2.45. The van der Waals surface area contributed by atoms with Crippen LogP contribution in [0, 0.1) is 0 Å². The second kappa shape index (κ2) is 14.4. The van der Waals surface area contributed by atoms with E-state index in [1.807, 2.05) is 0 Å². The molecule has 1 heteroatoms. The molecule has 0 unspecified atom stereocenters. The van der Waals surface area contributed by atoms with Crippen molar-refractivity contribution in [2.75, 3.05) is 4.90 Å². The van der Waals surface area contributed by atoms with E-state index in [1.54, 1.807) is 0 Å². The van der Waals surface area contributed by atoms with E-state index in [9.17, 15) is 0 Å². The fourth-order valence-corrected chi connectivity index (χ4v) is 11.0. The van der Waals surface area contributed by atoms with E-state index in [4.69, 9.17) is 0 Å². The van der Waals surface area contributed by atoms with Crippen LogP contribution in [-0.2, 0) is 10.8 Å². The van der Waals surface area contributed by atoms with Crippen molar-refractivity contribution in [2.24, 2.45) is 0 Å². The zero-order chi connectivity index (χ0) is 42.1. The van der Waals surface area contributed by atoms with Gasteiger partial charge in [-0.1, -0.05) is 208 Å². The van der Waals surface area contributed by atoms with Gasteiger partial charge in [-0.05, 0) is 126 Å². The highest BCUT2D eigenvalue weighted by Gasteiger charge is 2.53. The second-order valence-electron chi connectivity index (χ2n) is 17.6. The predicted octanol–water partition coefficient (Wildman–Crippen LogP) is 16.3. The van der Waals surface area contributed by atoms with E-state index >= 15 is 0 Å². The topological polar surface area (TPSA) is 3.24 Å². The molecule has 0 aliphatic heterocycles. The van der Waals surface area contributed by atoms with E-state index in [1.165, 1.54) is 88.7 Å². The number of benzene rings is 10. The molecular weight excluding hydrogens is 759 g/mol. The number of hydrogen-bond donors (Lipinski definition) is 0. The van der Waals surface area contributed by atoms with Crippen LogP contribution in [0.3, 0.4) is 0 Å². The van der Waals surface area contributed by atoms with Crippen LogP contribution in [0.4, 0.5) is 17.1 Å². The Labute approximate surface area is 370 Å². The van der Waals surface area contributed by atoms with Crippen LogP contribution in [-0.4, -0.2) is 0 Å². The molecule has 0 amide bonds. The SMILES string of the molecule is CC1(C)c2ccccc2C2(c3ccccc3-c3cc(-c4cccc(N(c5ccc(-c6ccc7ccccc7c6)cc5)c5ccccc5-c5ccccc5)c4)ccc32)c2ccccc21. The minimum Gasteiger partial charge on any atom is -0.310 e. The highest BCUT2D eigenvalue weighted by Crippen LogP contribution is 2.62. The third-order valence-electron chi connectivity index (χ3n) is 13.9. The summed E-state index contributed by atoms with van der Waals surface area (Å²) in [6.07, 6.45) is 0. The van der Waals surface area contributed by atoms with Crippen LogP contribution < -0.4 is 4.90 Å². The number of nitrogens with zero attached hydrogens (tertiary/aromatic N) is 1. The first-order chi connectivity index (χ1) is 31.0. The Morgan fingerprint density at radius 2 is 0.810 bits per heavy atom. The molecule has 1 spiro atoms. The fourth-order valence-electron chi connectivity index (χ4n) is 11.0. The molecule has 10 aromatic rings. The normalized spacial score (nSPS) is 13.8. The molecule has 0 aromatic heterocycles. The number of para-hydroxylation sites is 1. The Hall–Kier alpha value is -7.74. The Morgan fingerprint density at radius 3 is 1.56 bits per heavy atom. The van der Waals surface area contributed by atoms with Gasteiger partial charge in [0.1, 0.15) is 0 Å². The van der Waals surface area contributed by atoms with Gasteiger partial charge in [0, 0.05) is 22.4 Å². The monoisotopic (exact) mass is 803 g/mol. The Kier molecular flexibility index (Phi) is 8.49. The Balaban J connectivity index is 1.01. The smallest absolute Gasteiger partial charge is 0.0719 e. The van der Waals surface area contributed by atoms with Gasteiger partial charge in [-0.2, -0.15) is 0 Å². The first kappa shape index (κ1) is 37.1. The summed E-state index contributed by atoms with van der Waals surface area (Å²) in [4.78, 5) is 2.42. The molecule has 12 rings (SSSR count). The summed E-state index contributed by atoms with van der Waals surface area (Å²) in [5.41, 5.74) is 20.8. The van der Waals surface area contributed by atoms with Crippen LogP contribution in [0.2, 0.25) is 0 Å². The van der Waals surface area contributed by atoms with E-state index in [2.05, 4.69) is 255 Å². The van der Waals surface area contributed by atoms with Crippen LogP contribution in [0.25, 0.3) is 55.3 Å². The summed E-state index contributed by atoms with van der Waals surface area (Å²) < 4.78 is 0. The van der Waals surface area contributed by atoms with Crippen molar-refractivity contribution in [3.63, 3.8) is 0 Å². The third kappa shape index (κ3) is 5.70. The quantitative estimate of drug-likeness (QED) is 0.162. The van der Waals surface area contributed by atoms with Crippen molar-refractivity contribution in [1.82, 2.24) is 0 Å². The van der Waals surface area contributed by atoms with Crippen LogP contribution in [0.5, 0.6) is 0 Å². The zero-order valence-electron chi connectivity index (χ0n) is 35.5. The van der Waals surface area contributed by atoms with Gasteiger partial charge in [-0.15, -0.1) is 0 Å². The molecule has 0 N–H and O–H groups in total. The van der Waals surface area contributed by atoms with Crippen molar-refractivity contribution in [3.8, 4) is 44.5 Å². The van der Waals surface area contributed by atoms with Crippen molar-refractivity contribution >= 4 is 27.8 Å². The molecule has 1 nitrogen and oxygen atoms in total. The lowest BCUT2D eigenvalue weighted by molar-refractivity contribution is 0.563. The molecule has 2 aliphatic carbocycles. The minimum absolute atomic E-state index is 0.127. The highest BCUT2D eigenvalue weighted by atomic mass is 15.1. The predicted molar refractivity (Wildman–Crippen MR) is 264 cm³/mol. The summed E-state index contributed by atoms with van der Waals surface area (Å²) in [7, 11) is 0. The number of hydrogen-bond acceptors (Lipinski definition) is 1. The third-order valence-corrected chi connectivity index (χ3v) is 13.9. The number of fused-ring (bicyclic) bond motifs is 10. The summed E-state index contributed by atoms with van der Waals surface area (Å²) in [6, 6.07) is 87.7. The molecule has 0 saturated carbocycles. The average molecular weight is 804 g/mol. The van der Waals surface area contributed by atoms with Gasteiger partial charge in [-0.3, -0.25) is 0 Å². The van der Waals surface area contributed by atoms with Crippen LogP contribution in [0.15, 0.2) is 237 Å². The lowest BCUT2D eigenvalue weighted by Gasteiger charge is -2.46. The molecule has 0 radical (unpaired) electrons. The molecule has 0 atom stereocenters. The van der Waals surface area contributed by atoms with Gasteiger partial charge in [-0.25, -0.2) is 0 Å². The Bertz CT molecular complexity index is 3320. The number of anilines is 3. The summed E-state index contributed by atoms with van der Waals surface area (Å²) in [5.74, 6) is 0. The molecule has 0 bridgehead atoms. The molecule has 63 heavy (non-hydrogen) atoms. The summed E-state index contributed by atoms with van der Waals surface area (Å²) in [5, 5.41) is 2.50. The van der Waals surface area contributed by atoms with E-state index in [0.29, 0.717) is 0 Å². The van der Waals surface area contributed by atoms with Crippen LogP contribution in [0.1, 0.15) is 47.2 Å². The van der Waals surface area contributed by atoms with Gasteiger partial charge < -0.3 is 4.90 Å². The second-order valence-corrected chi connectivity index (χ2v) is 17.6. The first-order valence-electron chi connectivity index (χ1n) is 22.1. The number of rotatable bonds is 6. The first-order valence-corrected chi connectivity index (χ1v) is 22.1. The summed E-state index contributed by atoms with van der Waals surface area (Å²) in [6.45, 7) is 4.77. The molecule has 0 fully saturated rings. The maximum absolute atomic E-state index is 2.45. The van der Waals surface area contributed by atoms with Crippen molar-refractivity contribution in [3.05, 3.63) is 270 Å². The van der Waals surface area contributed by atoms with Gasteiger partial charge in [0.05, 0.1) is 11.1 Å². The minimum atomic E-state index is -0.411. The van der Waals surface area contributed by atoms with E-state index < -0.39 is 5.41 Å². The average Bonchev–Trinajstić information content (AvgIpc) is 3.64. The lowest BCUT2D eigenvalue weighted by Crippen LogP contribution is -2.40. The molecular formula is C62H45N. The van der Waals surface area contributed by atoms with Crippen molar-refractivity contribution in [2.45, 2.75) is 24.7 Å². The molecule has 10 aromatic carbocycles. The van der Waals surface area contributed by atoms with Gasteiger partial charge in [0.2, 0.25) is 0 Å². The summed E-state index contributed by atoms with van der Waals surface area (Å²) >= 11 is 0. The largest absolute Gasteiger partial charge is 0.310 e. The molecule has 298 valence electrons.